The van der Waals surface area contributed by atoms with Gasteiger partial charge in [-0.1, -0.05) is 12.1 Å². The lowest BCUT2D eigenvalue weighted by molar-refractivity contribution is 0.227. The second kappa shape index (κ2) is 9.23. The molecule has 0 aromatic heterocycles. The van der Waals surface area contributed by atoms with Crippen molar-refractivity contribution in [1.29, 1.82) is 0 Å². The topological polar surface area (TPSA) is 81.8 Å². The fraction of sp³-hybridized carbons (Fsp3) is 0.611. The third kappa shape index (κ3) is 6.49. The third-order valence-electron chi connectivity index (χ3n) is 4.64. The molecule has 1 aromatic carbocycles. The number of rotatable bonds is 7. The first-order chi connectivity index (χ1) is 12.3. The molecule has 1 heterocycles. The van der Waals surface area contributed by atoms with Crippen molar-refractivity contribution >= 4 is 21.7 Å². The molecule has 0 saturated carbocycles. The largest absolute Gasteiger partial charge is 0.378 e. The van der Waals surface area contributed by atoms with Gasteiger partial charge in [0.05, 0.1) is 6.26 Å². The summed E-state index contributed by atoms with van der Waals surface area (Å²) in [5.74, 6) is 0. The minimum absolute atomic E-state index is 0.0339. The van der Waals surface area contributed by atoms with Gasteiger partial charge in [-0.3, -0.25) is 0 Å². The molecule has 2 rings (SSSR count). The third-order valence-corrected chi connectivity index (χ3v) is 5.94. The quantitative estimate of drug-likeness (QED) is 0.699. The number of carbonyl (C=O) groups excluding carboxylic acids is 1. The monoisotopic (exact) mass is 382 g/mol. The maximum Gasteiger partial charge on any atom is 0.315 e. The summed E-state index contributed by atoms with van der Waals surface area (Å²) in [5.41, 5.74) is 2.43. The summed E-state index contributed by atoms with van der Waals surface area (Å²) in [6.45, 7) is 1.54. The molecule has 2 amide bonds. The molecule has 1 aliphatic heterocycles. The van der Waals surface area contributed by atoms with Crippen LogP contribution < -0.4 is 15.5 Å². The van der Waals surface area contributed by atoms with Crippen LogP contribution in [0.5, 0.6) is 0 Å². The van der Waals surface area contributed by atoms with Crippen LogP contribution in [0.4, 0.5) is 10.5 Å². The molecule has 0 radical (unpaired) electrons. The Morgan fingerprint density at radius 3 is 2.35 bits per heavy atom. The van der Waals surface area contributed by atoms with Crippen molar-refractivity contribution in [3.8, 4) is 0 Å². The van der Waals surface area contributed by atoms with Crippen molar-refractivity contribution in [2.45, 2.75) is 31.7 Å². The van der Waals surface area contributed by atoms with Crippen LogP contribution in [0, 0.1) is 0 Å². The number of urea groups is 1. The molecular weight excluding hydrogens is 352 g/mol. The van der Waals surface area contributed by atoms with Crippen LogP contribution >= 0.6 is 0 Å². The van der Waals surface area contributed by atoms with E-state index in [9.17, 15) is 13.2 Å². The highest BCUT2D eigenvalue weighted by Gasteiger charge is 2.25. The van der Waals surface area contributed by atoms with Gasteiger partial charge in [0.15, 0.2) is 0 Å². The summed E-state index contributed by atoms with van der Waals surface area (Å²) < 4.78 is 24.4. The predicted octanol–water partition coefficient (Wildman–Crippen LogP) is 1.41. The molecule has 0 atom stereocenters. The normalized spacial score (nSPS) is 16.3. The van der Waals surface area contributed by atoms with Gasteiger partial charge in [0.1, 0.15) is 0 Å². The Labute approximate surface area is 156 Å². The zero-order valence-corrected chi connectivity index (χ0v) is 16.7. The van der Waals surface area contributed by atoms with Gasteiger partial charge in [0.2, 0.25) is 10.0 Å². The number of nitrogens with one attached hydrogen (secondary N) is 2. The molecule has 0 unspecified atom stereocenters. The fourth-order valence-electron chi connectivity index (χ4n) is 3.02. The summed E-state index contributed by atoms with van der Waals surface area (Å²) in [4.78, 5) is 14.0. The average molecular weight is 383 g/mol. The molecule has 1 aliphatic rings. The molecule has 26 heavy (non-hydrogen) atoms. The lowest BCUT2D eigenvalue weighted by atomic mass is 10.1. The van der Waals surface area contributed by atoms with Crippen molar-refractivity contribution in [3.05, 3.63) is 29.8 Å². The Hall–Kier alpha value is -1.80. The molecule has 8 heteroatoms. The van der Waals surface area contributed by atoms with Crippen LogP contribution in [-0.2, 0) is 16.4 Å². The number of benzene rings is 1. The maximum absolute atomic E-state index is 12.0. The van der Waals surface area contributed by atoms with Crippen molar-refractivity contribution in [3.63, 3.8) is 0 Å². The van der Waals surface area contributed by atoms with E-state index in [0.29, 0.717) is 32.5 Å². The molecule has 0 aliphatic carbocycles. The summed E-state index contributed by atoms with van der Waals surface area (Å²) >= 11 is 0. The van der Waals surface area contributed by atoms with E-state index in [1.54, 1.807) is 0 Å². The second-order valence-corrected chi connectivity index (χ2v) is 8.98. The summed E-state index contributed by atoms with van der Waals surface area (Å²) in [5, 5.41) is 5.81. The van der Waals surface area contributed by atoms with E-state index in [1.165, 1.54) is 21.8 Å². The lowest BCUT2D eigenvalue weighted by Gasteiger charge is -2.30. The van der Waals surface area contributed by atoms with E-state index in [1.807, 2.05) is 14.1 Å². The van der Waals surface area contributed by atoms with Crippen molar-refractivity contribution in [2.75, 3.05) is 44.9 Å². The highest BCUT2D eigenvalue weighted by Crippen LogP contribution is 2.14. The van der Waals surface area contributed by atoms with Crippen LogP contribution in [0.15, 0.2) is 24.3 Å². The van der Waals surface area contributed by atoms with Crippen molar-refractivity contribution in [2.24, 2.45) is 0 Å². The molecule has 1 aromatic rings. The molecule has 1 fully saturated rings. The molecule has 146 valence electrons. The summed E-state index contributed by atoms with van der Waals surface area (Å²) in [6, 6.07) is 8.28. The molecule has 0 bridgehead atoms. The highest BCUT2D eigenvalue weighted by atomic mass is 32.2. The number of anilines is 1. The zero-order chi connectivity index (χ0) is 19.2. The number of nitrogens with zero attached hydrogens (tertiary/aromatic N) is 2. The SMILES string of the molecule is CN(C)c1ccc(CCCNC(=O)NC2CCN(S(C)(=O)=O)CC2)cc1. The van der Waals surface area contributed by atoms with Gasteiger partial charge in [0.25, 0.3) is 0 Å². The fourth-order valence-corrected chi connectivity index (χ4v) is 3.90. The maximum atomic E-state index is 12.0. The van der Waals surface area contributed by atoms with E-state index in [0.717, 1.165) is 12.8 Å². The van der Waals surface area contributed by atoms with Crippen LogP contribution in [0.25, 0.3) is 0 Å². The van der Waals surface area contributed by atoms with Gasteiger partial charge < -0.3 is 15.5 Å². The van der Waals surface area contributed by atoms with Gasteiger partial charge in [0, 0.05) is 45.5 Å². The Kier molecular flexibility index (Phi) is 7.28. The minimum atomic E-state index is -3.13. The van der Waals surface area contributed by atoms with E-state index in [2.05, 4.69) is 39.8 Å². The molecule has 2 N–H and O–H groups in total. The van der Waals surface area contributed by atoms with Gasteiger partial charge in [-0.05, 0) is 43.4 Å². The van der Waals surface area contributed by atoms with E-state index >= 15 is 0 Å². The predicted molar refractivity (Wildman–Crippen MR) is 105 cm³/mol. The van der Waals surface area contributed by atoms with Crippen LogP contribution in [-0.4, -0.2) is 64.8 Å². The summed E-state index contributed by atoms with van der Waals surface area (Å²) in [7, 11) is 0.906. The van der Waals surface area contributed by atoms with Gasteiger partial charge in [-0.2, -0.15) is 0 Å². The first-order valence-corrected chi connectivity index (χ1v) is 10.9. The van der Waals surface area contributed by atoms with Crippen LogP contribution in [0.1, 0.15) is 24.8 Å². The second-order valence-electron chi connectivity index (χ2n) is 7.00. The number of hydrogen-bond acceptors (Lipinski definition) is 4. The van der Waals surface area contributed by atoms with Crippen molar-refractivity contribution in [1.82, 2.24) is 14.9 Å². The van der Waals surface area contributed by atoms with Crippen molar-refractivity contribution < 1.29 is 13.2 Å². The van der Waals surface area contributed by atoms with Gasteiger partial charge >= 0.3 is 6.03 Å². The summed E-state index contributed by atoms with van der Waals surface area (Å²) in [6.07, 6.45) is 4.32. The number of piperidine rings is 1. The van der Waals surface area contributed by atoms with E-state index < -0.39 is 10.0 Å². The number of amides is 2. The Morgan fingerprint density at radius 1 is 1.19 bits per heavy atom. The molecule has 0 spiro atoms. The first kappa shape index (κ1) is 20.5. The van der Waals surface area contributed by atoms with Crippen LogP contribution in [0.2, 0.25) is 0 Å². The van der Waals surface area contributed by atoms with E-state index in [4.69, 9.17) is 0 Å². The Balaban J connectivity index is 1.62. The minimum Gasteiger partial charge on any atom is -0.378 e. The first-order valence-electron chi connectivity index (χ1n) is 9.01. The van der Waals surface area contributed by atoms with Gasteiger partial charge in [-0.25, -0.2) is 17.5 Å². The Morgan fingerprint density at radius 2 is 1.81 bits per heavy atom. The Bertz CT molecular complexity index is 681. The number of aryl methyl sites for hydroxylation is 1. The zero-order valence-electron chi connectivity index (χ0n) is 15.9. The number of sulfonamides is 1. The lowest BCUT2D eigenvalue weighted by Crippen LogP contribution is -2.49. The number of carbonyl (C=O) groups is 1. The molecule has 1 saturated heterocycles. The average Bonchev–Trinajstić information content (AvgIpc) is 2.59. The number of hydrogen-bond donors (Lipinski definition) is 2. The standard InChI is InChI=1S/C18H30N4O3S/c1-21(2)17-8-6-15(7-9-17)5-4-12-19-18(23)20-16-10-13-22(14-11-16)26(3,24)25/h6-9,16H,4-5,10-14H2,1-3H3,(H2,19,20,23). The molecule has 7 nitrogen and oxygen atoms in total. The smallest absolute Gasteiger partial charge is 0.315 e. The molecular formula is C18H30N4O3S. The van der Waals surface area contributed by atoms with E-state index in [-0.39, 0.29) is 12.1 Å². The highest BCUT2D eigenvalue weighted by molar-refractivity contribution is 7.88. The van der Waals surface area contributed by atoms with Gasteiger partial charge in [-0.15, -0.1) is 0 Å². The van der Waals surface area contributed by atoms with Crippen LogP contribution in [0.3, 0.4) is 0 Å².